The van der Waals surface area contributed by atoms with E-state index in [2.05, 4.69) is 39.3 Å². The number of rotatable bonds is 7. The third-order valence-corrected chi connectivity index (χ3v) is 5.72. The minimum atomic E-state index is -1.70. The van der Waals surface area contributed by atoms with Gasteiger partial charge in [0.05, 0.1) is 0 Å². The Labute approximate surface area is 121 Å². The second kappa shape index (κ2) is 7.53. The zero-order valence-corrected chi connectivity index (χ0v) is 16.9. The van der Waals surface area contributed by atoms with Crippen LogP contribution in [0.15, 0.2) is 11.6 Å². The summed E-state index contributed by atoms with van der Waals surface area (Å²) >= 11 is 0. The zero-order valence-electron chi connectivity index (χ0n) is 13.5. The van der Waals surface area contributed by atoms with Crippen molar-refractivity contribution in [2.24, 2.45) is 0 Å². The fourth-order valence-electron chi connectivity index (χ4n) is 1.26. The van der Waals surface area contributed by atoms with Gasteiger partial charge in [0, 0.05) is 5.57 Å². The lowest BCUT2D eigenvalue weighted by Crippen LogP contribution is -2.44. The highest BCUT2D eigenvalue weighted by atomic mass is 28.4. The van der Waals surface area contributed by atoms with Gasteiger partial charge in [-0.3, -0.25) is 0 Å². The van der Waals surface area contributed by atoms with Crippen molar-refractivity contribution in [3.8, 4) is 0 Å². The minimum absolute atomic E-state index is 0.252. The lowest BCUT2D eigenvalue weighted by molar-refractivity contribution is -0.131. The molecule has 7 heteroatoms. The van der Waals surface area contributed by atoms with Crippen LogP contribution in [0.1, 0.15) is 13.8 Å². The van der Waals surface area contributed by atoms with Gasteiger partial charge in [-0.05, 0) is 53.1 Å². The molecule has 0 saturated carbocycles. The average molecular weight is 321 g/mol. The maximum atomic E-state index is 11.7. The smallest absolute Gasteiger partial charge is 0.319 e. The molecule has 0 aliphatic heterocycles. The second-order valence-electron chi connectivity index (χ2n) is 6.46. The predicted octanol–water partition coefficient (Wildman–Crippen LogP) is 2.57. The first-order valence-electron chi connectivity index (χ1n) is 6.60. The van der Waals surface area contributed by atoms with E-state index in [4.69, 9.17) is 13.3 Å². The van der Waals surface area contributed by atoms with E-state index in [1.807, 2.05) is 6.92 Å². The van der Waals surface area contributed by atoms with Gasteiger partial charge in [0.15, 0.2) is 22.5 Å². The van der Waals surface area contributed by atoms with E-state index in [0.717, 1.165) is 0 Å². The molecule has 112 valence electrons. The van der Waals surface area contributed by atoms with Crippen molar-refractivity contribution in [2.75, 3.05) is 0 Å². The molecule has 0 heterocycles. The van der Waals surface area contributed by atoms with Crippen molar-refractivity contribution in [1.82, 2.24) is 0 Å². The normalized spacial score (nSPS) is 14.5. The van der Waals surface area contributed by atoms with Crippen LogP contribution in [-0.4, -0.2) is 38.3 Å². The second-order valence-corrected chi connectivity index (χ2v) is 16.7. The van der Waals surface area contributed by atoms with Crippen LogP contribution >= 0.6 is 0 Å². The molecular formula is C12H28O4Si3. The third kappa shape index (κ3) is 10.3. The standard InChI is InChI=1S/C12H28O4Si3/c1-9-10(2)11(13)14-17-12(15-18(3,4)5)16-19(6,7)8/h9,12H,17H2,1-8H3. The molecule has 0 rings (SSSR count). The fourth-order valence-corrected chi connectivity index (χ4v) is 7.09. The molecule has 0 N–H and O–H groups in total. The summed E-state index contributed by atoms with van der Waals surface area (Å²) in [6.45, 7) is 16.3. The van der Waals surface area contributed by atoms with Gasteiger partial charge >= 0.3 is 5.97 Å². The summed E-state index contributed by atoms with van der Waals surface area (Å²) in [6, 6.07) is 0. The maximum Gasteiger partial charge on any atom is 0.319 e. The van der Waals surface area contributed by atoms with Crippen LogP contribution in [0, 0.1) is 0 Å². The Morgan fingerprint density at radius 3 is 1.79 bits per heavy atom. The molecule has 0 fully saturated rings. The van der Waals surface area contributed by atoms with Gasteiger partial charge in [-0.15, -0.1) is 0 Å². The van der Waals surface area contributed by atoms with Crippen molar-refractivity contribution < 1.29 is 18.1 Å². The Balaban J connectivity index is 4.56. The van der Waals surface area contributed by atoms with Gasteiger partial charge in [-0.25, -0.2) is 4.79 Å². The van der Waals surface area contributed by atoms with Crippen LogP contribution in [0.25, 0.3) is 0 Å². The monoisotopic (exact) mass is 320 g/mol. The molecule has 0 bridgehead atoms. The predicted molar refractivity (Wildman–Crippen MR) is 86.7 cm³/mol. The van der Waals surface area contributed by atoms with E-state index in [1.165, 1.54) is 0 Å². The summed E-state index contributed by atoms with van der Waals surface area (Å²) in [5, 5.41) is 0. The summed E-state index contributed by atoms with van der Waals surface area (Å²) < 4.78 is 17.4. The summed E-state index contributed by atoms with van der Waals surface area (Å²) in [6.07, 6.45) is 1.75. The molecular weight excluding hydrogens is 292 g/mol. The molecule has 0 spiro atoms. The Morgan fingerprint density at radius 2 is 1.47 bits per heavy atom. The molecule has 0 aromatic heterocycles. The molecule has 0 aromatic carbocycles. The summed E-state index contributed by atoms with van der Waals surface area (Å²) in [7, 11) is -4.60. The Hall–Kier alpha value is -0.219. The number of allylic oxidation sites excluding steroid dienone is 1. The van der Waals surface area contributed by atoms with Crippen molar-refractivity contribution in [2.45, 2.75) is 59.0 Å². The van der Waals surface area contributed by atoms with Gasteiger partial charge < -0.3 is 13.3 Å². The van der Waals surface area contributed by atoms with Gasteiger partial charge in [0.2, 0.25) is 0 Å². The molecule has 0 atom stereocenters. The highest BCUT2D eigenvalue weighted by Crippen LogP contribution is 2.14. The highest BCUT2D eigenvalue weighted by Gasteiger charge is 2.28. The first-order valence-corrected chi connectivity index (χ1v) is 14.8. The molecule has 0 amide bonds. The van der Waals surface area contributed by atoms with Gasteiger partial charge in [0.1, 0.15) is 0 Å². The van der Waals surface area contributed by atoms with E-state index >= 15 is 0 Å². The minimum Gasteiger partial charge on any atom is -0.516 e. The number of carbonyl (C=O) groups excluding carboxylic acids is 1. The van der Waals surface area contributed by atoms with Crippen LogP contribution in [0.4, 0.5) is 0 Å². The first-order chi connectivity index (χ1) is 8.44. The van der Waals surface area contributed by atoms with Crippen LogP contribution in [0.3, 0.4) is 0 Å². The van der Waals surface area contributed by atoms with E-state index < -0.39 is 26.4 Å². The first kappa shape index (κ1) is 18.8. The molecule has 19 heavy (non-hydrogen) atoms. The molecule has 0 aliphatic carbocycles. The fraction of sp³-hybridized carbons (Fsp3) is 0.750. The third-order valence-electron chi connectivity index (χ3n) is 2.08. The lowest BCUT2D eigenvalue weighted by Gasteiger charge is -2.30. The van der Waals surface area contributed by atoms with Crippen molar-refractivity contribution >= 4 is 32.4 Å². The van der Waals surface area contributed by atoms with Crippen molar-refractivity contribution in [1.29, 1.82) is 0 Å². The van der Waals surface area contributed by atoms with E-state index in [0.29, 0.717) is 5.57 Å². The Bertz CT molecular complexity index is 313. The number of carbonyl (C=O) groups is 1. The largest absolute Gasteiger partial charge is 0.516 e. The average Bonchev–Trinajstić information content (AvgIpc) is 2.19. The van der Waals surface area contributed by atoms with Gasteiger partial charge in [0.25, 0.3) is 9.76 Å². The number of hydrogen-bond donors (Lipinski definition) is 0. The lowest BCUT2D eigenvalue weighted by atomic mass is 10.3. The molecule has 4 nitrogen and oxygen atoms in total. The molecule has 0 unspecified atom stereocenters. The van der Waals surface area contributed by atoms with E-state index in [1.54, 1.807) is 13.0 Å². The quantitative estimate of drug-likeness (QED) is 0.411. The van der Waals surface area contributed by atoms with Crippen LogP contribution in [0.2, 0.25) is 39.3 Å². The van der Waals surface area contributed by atoms with E-state index in [9.17, 15) is 4.79 Å². The van der Waals surface area contributed by atoms with Crippen molar-refractivity contribution in [3.05, 3.63) is 11.6 Å². The maximum absolute atomic E-state index is 11.7. The Kier molecular flexibility index (Phi) is 7.45. The highest BCUT2D eigenvalue weighted by molar-refractivity contribution is 6.71. The topological polar surface area (TPSA) is 44.8 Å². The van der Waals surface area contributed by atoms with Gasteiger partial charge in [-0.1, -0.05) is 6.08 Å². The van der Waals surface area contributed by atoms with Crippen LogP contribution < -0.4 is 0 Å². The summed E-state index contributed by atoms with van der Waals surface area (Å²) in [4.78, 5) is 11.7. The molecule has 0 aliphatic rings. The van der Waals surface area contributed by atoms with Gasteiger partial charge in [-0.2, -0.15) is 0 Å². The zero-order chi connectivity index (χ0) is 15.3. The molecule has 0 aromatic rings. The summed E-state index contributed by atoms with van der Waals surface area (Å²) in [5.41, 5.74) is 0.632. The number of hydrogen-bond acceptors (Lipinski definition) is 4. The summed E-state index contributed by atoms with van der Waals surface area (Å²) in [5.74, 6) is -0.565. The van der Waals surface area contributed by atoms with Crippen molar-refractivity contribution in [3.63, 3.8) is 0 Å². The Morgan fingerprint density at radius 1 is 1.05 bits per heavy atom. The molecule has 0 saturated heterocycles. The van der Waals surface area contributed by atoms with Crippen LogP contribution in [-0.2, 0) is 18.1 Å². The van der Waals surface area contributed by atoms with Crippen LogP contribution in [0.5, 0.6) is 0 Å². The molecule has 0 radical (unpaired) electrons. The SMILES string of the molecule is CC=C(C)C(=O)O[SiH2]C(O[Si](C)(C)C)O[Si](C)(C)C. The van der Waals surface area contributed by atoms with E-state index in [-0.39, 0.29) is 11.9 Å².